The van der Waals surface area contributed by atoms with Crippen molar-refractivity contribution in [1.29, 1.82) is 0 Å². The molecule has 1 amide bonds. The molecule has 1 fully saturated rings. The molecule has 0 saturated carbocycles. The van der Waals surface area contributed by atoms with E-state index in [2.05, 4.69) is 33.4 Å². The number of carbonyl (C=O) groups excluding carboxylic acids is 1. The van der Waals surface area contributed by atoms with E-state index in [1.165, 1.54) is 0 Å². The first kappa shape index (κ1) is 19.7. The Labute approximate surface area is 168 Å². The molecular weight excluding hydrogens is 408 g/mol. The summed E-state index contributed by atoms with van der Waals surface area (Å²) in [4.78, 5) is 13.8. The van der Waals surface area contributed by atoms with Gasteiger partial charge in [-0.3, -0.25) is 4.79 Å². The van der Waals surface area contributed by atoms with Crippen LogP contribution in [0.5, 0.6) is 11.5 Å². The monoisotopic (exact) mass is 432 g/mol. The fraction of sp³-hybridized carbons (Fsp3) is 0.381. The van der Waals surface area contributed by atoms with Crippen LogP contribution in [0.2, 0.25) is 0 Å². The number of benzene rings is 2. The van der Waals surface area contributed by atoms with Gasteiger partial charge in [0.1, 0.15) is 0 Å². The maximum Gasteiger partial charge on any atom is 0.227 e. The van der Waals surface area contributed by atoms with E-state index in [9.17, 15) is 4.79 Å². The molecule has 1 heterocycles. The van der Waals surface area contributed by atoms with Crippen LogP contribution >= 0.6 is 15.9 Å². The van der Waals surface area contributed by atoms with Gasteiger partial charge in [-0.05, 0) is 64.7 Å². The summed E-state index contributed by atoms with van der Waals surface area (Å²) in [6.07, 6.45) is 1.59. The van der Waals surface area contributed by atoms with E-state index in [0.29, 0.717) is 19.6 Å². The molecule has 0 aliphatic carbocycles. The van der Waals surface area contributed by atoms with Crippen molar-refractivity contribution in [3.05, 3.63) is 52.0 Å². The molecule has 1 saturated heterocycles. The molecule has 0 atom stereocenters. The molecule has 144 valence electrons. The zero-order valence-electron chi connectivity index (χ0n) is 15.8. The normalized spacial score (nSPS) is 13.9. The minimum atomic E-state index is 0.214. The number of amides is 1. The van der Waals surface area contributed by atoms with Gasteiger partial charge in [0.05, 0.1) is 18.2 Å². The van der Waals surface area contributed by atoms with E-state index in [4.69, 9.17) is 9.47 Å². The molecule has 5 nitrogen and oxygen atoms in total. The molecule has 1 aliphatic rings. The zero-order valence-corrected chi connectivity index (χ0v) is 17.3. The zero-order chi connectivity index (χ0) is 19.2. The fourth-order valence-electron chi connectivity index (χ4n) is 3.27. The third-order valence-electron chi connectivity index (χ3n) is 4.53. The van der Waals surface area contributed by atoms with Crippen molar-refractivity contribution in [2.24, 2.45) is 0 Å². The molecule has 0 bridgehead atoms. The molecule has 3 rings (SSSR count). The van der Waals surface area contributed by atoms with E-state index in [1.807, 2.05) is 36.1 Å². The molecule has 1 aliphatic heterocycles. The summed E-state index contributed by atoms with van der Waals surface area (Å²) >= 11 is 3.56. The number of hydrogen-bond acceptors (Lipinski definition) is 4. The minimum Gasteiger partial charge on any atom is -0.493 e. The molecule has 2 aromatic rings. The second kappa shape index (κ2) is 9.24. The molecule has 2 aromatic carbocycles. The summed E-state index contributed by atoms with van der Waals surface area (Å²) in [5, 5.41) is 3.46. The van der Waals surface area contributed by atoms with Gasteiger partial charge in [0.2, 0.25) is 5.91 Å². The number of nitrogens with one attached hydrogen (secondary N) is 1. The first-order valence-corrected chi connectivity index (χ1v) is 10.0. The standard InChI is InChI=1S/C21H25BrN2O3/c1-3-27-21-18(22)11-16(12-19(21)26-2)14-23-13-15-6-4-7-17(10-15)24-9-5-8-20(24)25/h4,6-7,10-12,23H,3,5,8-9,13-14H2,1-2H3. The SMILES string of the molecule is CCOc1c(Br)cc(CNCc2cccc(N3CCCC3=O)c2)cc1OC. The van der Waals surface area contributed by atoms with Gasteiger partial charge in [0, 0.05) is 31.7 Å². The van der Waals surface area contributed by atoms with Gasteiger partial charge in [0.15, 0.2) is 11.5 Å². The second-order valence-electron chi connectivity index (χ2n) is 6.46. The Bertz CT molecular complexity index is 810. The lowest BCUT2D eigenvalue weighted by atomic mass is 10.1. The van der Waals surface area contributed by atoms with E-state index in [0.717, 1.165) is 52.3 Å². The highest BCUT2D eigenvalue weighted by atomic mass is 79.9. The maximum atomic E-state index is 11.9. The summed E-state index contributed by atoms with van der Waals surface area (Å²) in [6, 6.07) is 12.2. The highest BCUT2D eigenvalue weighted by Gasteiger charge is 2.21. The van der Waals surface area contributed by atoms with E-state index >= 15 is 0 Å². The molecule has 0 spiro atoms. The number of ether oxygens (including phenoxy) is 2. The van der Waals surface area contributed by atoms with Crippen molar-refractivity contribution in [2.75, 3.05) is 25.2 Å². The number of halogens is 1. The van der Waals surface area contributed by atoms with Crippen molar-refractivity contribution < 1.29 is 14.3 Å². The number of hydrogen-bond donors (Lipinski definition) is 1. The molecule has 0 unspecified atom stereocenters. The average Bonchev–Trinajstić information content (AvgIpc) is 3.10. The summed E-state index contributed by atoms with van der Waals surface area (Å²) in [7, 11) is 1.65. The Balaban J connectivity index is 1.63. The largest absolute Gasteiger partial charge is 0.493 e. The fourth-order valence-corrected chi connectivity index (χ4v) is 3.87. The lowest BCUT2D eigenvalue weighted by Crippen LogP contribution is -2.23. The van der Waals surface area contributed by atoms with E-state index < -0.39 is 0 Å². The van der Waals surface area contributed by atoms with Crippen molar-refractivity contribution >= 4 is 27.5 Å². The molecule has 0 radical (unpaired) electrons. The smallest absolute Gasteiger partial charge is 0.227 e. The third-order valence-corrected chi connectivity index (χ3v) is 5.12. The first-order valence-electron chi connectivity index (χ1n) is 9.21. The third kappa shape index (κ3) is 4.82. The van der Waals surface area contributed by atoms with Crippen molar-refractivity contribution in [3.8, 4) is 11.5 Å². The molecule has 6 heteroatoms. The summed E-state index contributed by atoms with van der Waals surface area (Å²) in [5.74, 6) is 1.66. The number of nitrogens with zero attached hydrogens (tertiary/aromatic N) is 1. The maximum absolute atomic E-state index is 11.9. The highest BCUT2D eigenvalue weighted by molar-refractivity contribution is 9.10. The minimum absolute atomic E-state index is 0.214. The van der Waals surface area contributed by atoms with Crippen LogP contribution in [0.25, 0.3) is 0 Å². The second-order valence-corrected chi connectivity index (χ2v) is 7.32. The number of anilines is 1. The Hall–Kier alpha value is -2.05. The molecular formula is C21H25BrN2O3. The van der Waals surface area contributed by atoms with E-state index in [-0.39, 0.29) is 5.91 Å². The summed E-state index contributed by atoms with van der Waals surface area (Å²) in [5.41, 5.74) is 3.25. The average molecular weight is 433 g/mol. The predicted octanol–water partition coefficient (Wildman–Crippen LogP) is 4.27. The Morgan fingerprint density at radius 3 is 2.70 bits per heavy atom. The summed E-state index contributed by atoms with van der Waals surface area (Å²) in [6.45, 7) is 4.78. The van der Waals surface area contributed by atoms with Gasteiger partial charge in [-0.2, -0.15) is 0 Å². The van der Waals surface area contributed by atoms with Gasteiger partial charge >= 0.3 is 0 Å². The molecule has 0 aromatic heterocycles. The van der Waals surface area contributed by atoms with Crippen molar-refractivity contribution in [1.82, 2.24) is 5.32 Å². The van der Waals surface area contributed by atoms with Crippen LogP contribution in [0, 0.1) is 0 Å². The first-order chi connectivity index (χ1) is 13.1. The van der Waals surface area contributed by atoms with Gasteiger partial charge < -0.3 is 19.7 Å². The topological polar surface area (TPSA) is 50.8 Å². The van der Waals surface area contributed by atoms with Crippen LogP contribution in [0.15, 0.2) is 40.9 Å². The highest BCUT2D eigenvalue weighted by Crippen LogP contribution is 2.36. The number of methoxy groups -OCH3 is 1. The van der Waals surface area contributed by atoms with Crippen LogP contribution in [0.4, 0.5) is 5.69 Å². The van der Waals surface area contributed by atoms with Crippen molar-refractivity contribution in [2.45, 2.75) is 32.9 Å². The van der Waals surface area contributed by atoms with Gasteiger partial charge in [-0.25, -0.2) is 0 Å². The van der Waals surface area contributed by atoms with Crippen LogP contribution in [0.1, 0.15) is 30.9 Å². The lowest BCUT2D eigenvalue weighted by molar-refractivity contribution is -0.117. The number of rotatable bonds is 8. The van der Waals surface area contributed by atoms with Crippen LogP contribution < -0.4 is 19.7 Å². The quantitative estimate of drug-likeness (QED) is 0.676. The predicted molar refractivity (Wildman–Crippen MR) is 110 cm³/mol. The van der Waals surface area contributed by atoms with Crippen LogP contribution in [0.3, 0.4) is 0 Å². The number of carbonyl (C=O) groups is 1. The van der Waals surface area contributed by atoms with Gasteiger partial charge in [-0.15, -0.1) is 0 Å². The van der Waals surface area contributed by atoms with E-state index in [1.54, 1.807) is 7.11 Å². The Morgan fingerprint density at radius 1 is 1.19 bits per heavy atom. The summed E-state index contributed by atoms with van der Waals surface area (Å²) < 4.78 is 12.0. The molecule has 27 heavy (non-hydrogen) atoms. The van der Waals surface area contributed by atoms with Crippen LogP contribution in [-0.4, -0.2) is 26.2 Å². The van der Waals surface area contributed by atoms with Gasteiger partial charge in [0.25, 0.3) is 0 Å². The lowest BCUT2D eigenvalue weighted by Gasteiger charge is -2.17. The molecule has 1 N–H and O–H groups in total. The Morgan fingerprint density at radius 2 is 2.00 bits per heavy atom. The Kier molecular flexibility index (Phi) is 6.74. The van der Waals surface area contributed by atoms with Gasteiger partial charge in [-0.1, -0.05) is 12.1 Å². The van der Waals surface area contributed by atoms with Crippen molar-refractivity contribution in [3.63, 3.8) is 0 Å². The van der Waals surface area contributed by atoms with Crippen LogP contribution in [-0.2, 0) is 17.9 Å².